The predicted molar refractivity (Wildman–Crippen MR) is 71.4 cm³/mol. The van der Waals surface area contributed by atoms with Crippen LogP contribution < -0.4 is 5.32 Å². The van der Waals surface area contributed by atoms with Crippen LogP contribution in [-0.2, 0) is 9.53 Å². The molecule has 2 aliphatic rings. The highest BCUT2D eigenvalue weighted by Crippen LogP contribution is 2.28. The number of hydrogen-bond acceptors (Lipinski definition) is 3. The van der Waals surface area contributed by atoms with Crippen molar-refractivity contribution in [2.45, 2.75) is 32.6 Å². The van der Waals surface area contributed by atoms with Gasteiger partial charge < -0.3 is 15.0 Å². The van der Waals surface area contributed by atoms with Gasteiger partial charge in [-0.05, 0) is 50.6 Å². The van der Waals surface area contributed by atoms with Gasteiger partial charge >= 0.3 is 0 Å². The van der Waals surface area contributed by atoms with Gasteiger partial charge in [0.15, 0.2) is 0 Å². The van der Waals surface area contributed by atoms with Crippen molar-refractivity contribution in [3.8, 4) is 0 Å². The fourth-order valence-corrected chi connectivity index (χ4v) is 2.42. The molecule has 0 bridgehead atoms. The summed E-state index contributed by atoms with van der Waals surface area (Å²) in [5, 5.41) is 3.39. The Kier molecular flexibility index (Phi) is 5.45. The van der Waals surface area contributed by atoms with Crippen molar-refractivity contribution < 1.29 is 9.53 Å². The highest BCUT2D eigenvalue weighted by atomic mass is 16.5. The summed E-state index contributed by atoms with van der Waals surface area (Å²) in [4.78, 5) is 13.9. The molecule has 1 heterocycles. The van der Waals surface area contributed by atoms with Gasteiger partial charge in [-0.25, -0.2) is 0 Å². The average Bonchev–Trinajstić information content (AvgIpc) is 3.21. The van der Waals surface area contributed by atoms with Crippen molar-refractivity contribution in [2.75, 3.05) is 39.4 Å². The minimum absolute atomic E-state index is 0.178. The molecule has 0 spiro atoms. The molecule has 0 unspecified atom stereocenters. The Morgan fingerprint density at radius 2 is 1.94 bits per heavy atom. The molecule has 18 heavy (non-hydrogen) atoms. The first-order valence-corrected chi connectivity index (χ1v) is 7.35. The minimum atomic E-state index is 0.178. The number of nitrogens with one attached hydrogen (secondary N) is 1. The second-order valence-electron chi connectivity index (χ2n) is 5.59. The highest BCUT2D eigenvalue weighted by molar-refractivity contribution is 5.77. The summed E-state index contributed by atoms with van der Waals surface area (Å²) < 4.78 is 5.46. The maximum absolute atomic E-state index is 11.9. The molecular formula is C14H26N2O2. The minimum Gasteiger partial charge on any atom is -0.371 e. The molecule has 2 fully saturated rings. The molecule has 1 saturated carbocycles. The van der Waals surface area contributed by atoms with Crippen molar-refractivity contribution in [2.24, 2.45) is 11.8 Å². The first kappa shape index (κ1) is 13.8. The van der Waals surface area contributed by atoms with Gasteiger partial charge in [0, 0.05) is 13.1 Å². The van der Waals surface area contributed by atoms with Crippen LogP contribution in [0.2, 0.25) is 0 Å². The van der Waals surface area contributed by atoms with Gasteiger partial charge in [-0.3, -0.25) is 4.79 Å². The lowest BCUT2D eigenvalue weighted by Crippen LogP contribution is -2.42. The number of hydrogen-bond donors (Lipinski definition) is 1. The zero-order chi connectivity index (χ0) is 12.8. The topological polar surface area (TPSA) is 41.6 Å². The van der Waals surface area contributed by atoms with E-state index in [0.29, 0.717) is 0 Å². The standard InChI is InChI=1S/C14H26N2O2/c1-2-15-9-12-5-7-16(8-6-12)14(17)11-18-10-13-3-4-13/h12-13,15H,2-11H2,1H3. The third-order valence-corrected chi connectivity index (χ3v) is 3.93. The van der Waals surface area contributed by atoms with Gasteiger partial charge in [-0.2, -0.15) is 0 Å². The zero-order valence-electron chi connectivity index (χ0n) is 11.5. The summed E-state index contributed by atoms with van der Waals surface area (Å²) in [6.07, 6.45) is 4.82. The highest BCUT2D eigenvalue weighted by Gasteiger charge is 2.24. The Bertz CT molecular complexity index is 259. The lowest BCUT2D eigenvalue weighted by Gasteiger charge is -2.32. The molecule has 1 amide bonds. The van der Waals surface area contributed by atoms with Crippen LogP contribution in [0.15, 0.2) is 0 Å². The normalized spacial score (nSPS) is 21.3. The van der Waals surface area contributed by atoms with Crippen molar-refractivity contribution in [1.29, 1.82) is 0 Å². The summed E-state index contributed by atoms with van der Waals surface area (Å²) >= 11 is 0. The summed E-state index contributed by atoms with van der Waals surface area (Å²) in [6.45, 7) is 7.14. The van der Waals surface area contributed by atoms with Gasteiger partial charge in [0.25, 0.3) is 0 Å². The third-order valence-electron chi connectivity index (χ3n) is 3.93. The number of piperidine rings is 1. The molecule has 104 valence electrons. The van der Waals surface area contributed by atoms with Crippen molar-refractivity contribution in [3.05, 3.63) is 0 Å². The summed E-state index contributed by atoms with van der Waals surface area (Å²) in [5.41, 5.74) is 0. The Labute approximate surface area is 110 Å². The van der Waals surface area contributed by atoms with Crippen LogP contribution in [0.25, 0.3) is 0 Å². The molecule has 2 rings (SSSR count). The van der Waals surface area contributed by atoms with Crippen LogP contribution in [0.1, 0.15) is 32.6 Å². The molecule has 4 heteroatoms. The Balaban J connectivity index is 1.57. The van der Waals surface area contributed by atoms with Gasteiger partial charge in [-0.15, -0.1) is 0 Å². The number of likely N-dealkylation sites (tertiary alicyclic amines) is 1. The second kappa shape index (κ2) is 7.10. The van der Waals surface area contributed by atoms with E-state index in [0.717, 1.165) is 57.5 Å². The lowest BCUT2D eigenvalue weighted by atomic mass is 9.97. The quantitative estimate of drug-likeness (QED) is 0.744. The molecule has 4 nitrogen and oxygen atoms in total. The first-order chi connectivity index (χ1) is 8.79. The van der Waals surface area contributed by atoms with Crippen molar-refractivity contribution in [3.63, 3.8) is 0 Å². The van der Waals surface area contributed by atoms with E-state index in [1.807, 2.05) is 4.90 Å². The van der Waals surface area contributed by atoms with E-state index in [-0.39, 0.29) is 12.5 Å². The van der Waals surface area contributed by atoms with Crippen LogP contribution >= 0.6 is 0 Å². The van der Waals surface area contributed by atoms with Crippen LogP contribution in [-0.4, -0.2) is 50.2 Å². The fraction of sp³-hybridized carbons (Fsp3) is 0.929. The van der Waals surface area contributed by atoms with Crippen LogP contribution in [0, 0.1) is 11.8 Å². The molecule has 1 saturated heterocycles. The lowest BCUT2D eigenvalue weighted by molar-refractivity contribution is -0.137. The maximum atomic E-state index is 11.9. The molecule has 1 aliphatic carbocycles. The van der Waals surface area contributed by atoms with Gasteiger partial charge in [-0.1, -0.05) is 6.92 Å². The molecule has 0 atom stereocenters. The molecule has 0 aromatic heterocycles. The van der Waals surface area contributed by atoms with E-state index in [9.17, 15) is 4.79 Å². The second-order valence-corrected chi connectivity index (χ2v) is 5.59. The molecule has 1 N–H and O–H groups in total. The Morgan fingerprint density at radius 3 is 2.56 bits per heavy atom. The molecule has 1 aliphatic heterocycles. The largest absolute Gasteiger partial charge is 0.371 e. The number of carbonyl (C=O) groups excluding carboxylic acids is 1. The van der Waals surface area contributed by atoms with E-state index >= 15 is 0 Å². The summed E-state index contributed by atoms with van der Waals surface area (Å²) in [5.74, 6) is 1.66. The Morgan fingerprint density at radius 1 is 1.22 bits per heavy atom. The van der Waals surface area contributed by atoms with Gasteiger partial charge in [0.2, 0.25) is 5.91 Å². The average molecular weight is 254 g/mol. The number of amides is 1. The van der Waals surface area contributed by atoms with Crippen molar-refractivity contribution in [1.82, 2.24) is 10.2 Å². The first-order valence-electron chi connectivity index (χ1n) is 7.35. The monoisotopic (exact) mass is 254 g/mol. The smallest absolute Gasteiger partial charge is 0.248 e. The van der Waals surface area contributed by atoms with Crippen LogP contribution in [0.4, 0.5) is 0 Å². The maximum Gasteiger partial charge on any atom is 0.248 e. The molecule has 0 radical (unpaired) electrons. The fourth-order valence-electron chi connectivity index (χ4n) is 2.42. The van der Waals surface area contributed by atoms with E-state index in [1.165, 1.54) is 12.8 Å². The summed E-state index contributed by atoms with van der Waals surface area (Å²) in [7, 11) is 0. The zero-order valence-corrected chi connectivity index (χ0v) is 11.5. The van der Waals surface area contributed by atoms with E-state index in [1.54, 1.807) is 0 Å². The Hall–Kier alpha value is -0.610. The van der Waals surface area contributed by atoms with E-state index < -0.39 is 0 Å². The van der Waals surface area contributed by atoms with E-state index in [2.05, 4.69) is 12.2 Å². The van der Waals surface area contributed by atoms with Crippen LogP contribution in [0.3, 0.4) is 0 Å². The third kappa shape index (κ3) is 4.58. The summed E-state index contributed by atoms with van der Waals surface area (Å²) in [6, 6.07) is 0. The number of nitrogens with zero attached hydrogens (tertiary/aromatic N) is 1. The van der Waals surface area contributed by atoms with E-state index in [4.69, 9.17) is 4.74 Å². The van der Waals surface area contributed by atoms with Gasteiger partial charge in [0.05, 0.1) is 6.61 Å². The van der Waals surface area contributed by atoms with Gasteiger partial charge in [0.1, 0.15) is 6.61 Å². The molecular weight excluding hydrogens is 228 g/mol. The van der Waals surface area contributed by atoms with Crippen LogP contribution in [0.5, 0.6) is 0 Å². The number of carbonyl (C=O) groups is 1. The predicted octanol–water partition coefficient (Wildman–Crippen LogP) is 1.26. The number of ether oxygens (including phenoxy) is 1. The SMILES string of the molecule is CCNCC1CCN(C(=O)COCC2CC2)CC1. The number of rotatable bonds is 7. The van der Waals surface area contributed by atoms with Crippen molar-refractivity contribution >= 4 is 5.91 Å². The molecule has 0 aromatic rings. The molecule has 0 aromatic carbocycles.